The van der Waals surface area contributed by atoms with Gasteiger partial charge in [-0.15, -0.1) is 0 Å². The Hall–Kier alpha value is -1.36. The zero-order valence-electron chi connectivity index (χ0n) is 16.0. The highest BCUT2D eigenvalue weighted by Crippen LogP contribution is 2.30. The lowest BCUT2D eigenvalue weighted by Gasteiger charge is -2.22. The highest BCUT2D eigenvalue weighted by Gasteiger charge is 2.19. The van der Waals surface area contributed by atoms with E-state index in [-0.39, 0.29) is 5.91 Å². The van der Waals surface area contributed by atoms with Crippen LogP contribution < -0.4 is 10.1 Å². The van der Waals surface area contributed by atoms with Crippen molar-refractivity contribution in [1.29, 1.82) is 0 Å². The number of hydrogen-bond acceptors (Lipinski definition) is 3. The number of amides is 1. The fraction of sp³-hybridized carbons (Fsp3) is 0.409. The molecule has 1 aliphatic rings. The van der Waals surface area contributed by atoms with E-state index in [0.717, 1.165) is 35.7 Å². The molecule has 0 aromatic heterocycles. The third-order valence-electron chi connectivity index (χ3n) is 4.82. The van der Waals surface area contributed by atoms with E-state index in [1.54, 1.807) is 18.7 Å². The summed E-state index contributed by atoms with van der Waals surface area (Å²) in [4.78, 5) is 12.4. The van der Waals surface area contributed by atoms with Gasteiger partial charge >= 0.3 is 0 Å². The van der Waals surface area contributed by atoms with E-state index in [1.165, 1.54) is 24.0 Å². The predicted molar refractivity (Wildman–Crippen MR) is 119 cm³/mol. The van der Waals surface area contributed by atoms with E-state index < -0.39 is 6.10 Å². The van der Waals surface area contributed by atoms with Crippen LogP contribution in [0.2, 0.25) is 10.0 Å². The topological polar surface area (TPSA) is 38.3 Å². The number of thioether (sulfide) groups is 1. The summed E-state index contributed by atoms with van der Waals surface area (Å²) in [6.45, 7) is 2.41. The second kappa shape index (κ2) is 10.4. The van der Waals surface area contributed by atoms with Crippen LogP contribution in [0.4, 0.5) is 0 Å². The van der Waals surface area contributed by atoms with Crippen molar-refractivity contribution < 1.29 is 9.53 Å². The summed E-state index contributed by atoms with van der Waals surface area (Å²) in [5.41, 5.74) is 3.75. The standard InChI is InChI=1S/C22H25Cl2NO2S/c1-15(27-21-8-4-6-17-5-2-3-7-18(17)21)22(26)25-11-12-28-14-16-9-10-19(23)20(24)13-16/h4,6,8-10,13,15H,2-3,5,7,11-12,14H2,1H3,(H,25,26)/t15-/m1/s1. The minimum atomic E-state index is -0.506. The number of ether oxygens (including phenoxy) is 1. The van der Waals surface area contributed by atoms with Gasteiger partial charge in [-0.25, -0.2) is 0 Å². The lowest BCUT2D eigenvalue weighted by atomic mass is 9.91. The molecular weight excluding hydrogens is 413 g/mol. The van der Waals surface area contributed by atoms with Crippen LogP contribution >= 0.6 is 35.0 Å². The second-order valence-electron chi connectivity index (χ2n) is 6.95. The van der Waals surface area contributed by atoms with E-state index in [0.29, 0.717) is 16.6 Å². The molecule has 6 heteroatoms. The molecule has 0 bridgehead atoms. The highest BCUT2D eigenvalue weighted by atomic mass is 35.5. The Morgan fingerprint density at radius 2 is 2.00 bits per heavy atom. The van der Waals surface area contributed by atoms with Crippen molar-refractivity contribution in [2.45, 2.75) is 44.5 Å². The monoisotopic (exact) mass is 437 g/mol. The average molecular weight is 438 g/mol. The molecule has 150 valence electrons. The van der Waals surface area contributed by atoms with Crippen LogP contribution in [-0.4, -0.2) is 24.3 Å². The summed E-state index contributed by atoms with van der Waals surface area (Å²) < 4.78 is 5.98. The first-order valence-corrected chi connectivity index (χ1v) is 11.5. The van der Waals surface area contributed by atoms with E-state index >= 15 is 0 Å². The molecule has 2 aromatic carbocycles. The summed E-state index contributed by atoms with van der Waals surface area (Å²) >= 11 is 13.7. The molecule has 3 nitrogen and oxygen atoms in total. The number of fused-ring (bicyclic) bond motifs is 1. The van der Waals surface area contributed by atoms with Gasteiger partial charge in [-0.1, -0.05) is 41.4 Å². The van der Waals surface area contributed by atoms with Crippen molar-refractivity contribution in [3.05, 3.63) is 63.1 Å². The molecule has 0 unspecified atom stereocenters. The van der Waals surface area contributed by atoms with Crippen molar-refractivity contribution in [2.24, 2.45) is 0 Å². The number of carbonyl (C=O) groups is 1. The zero-order valence-corrected chi connectivity index (χ0v) is 18.3. The first-order chi connectivity index (χ1) is 13.5. The van der Waals surface area contributed by atoms with Crippen LogP contribution in [0.15, 0.2) is 36.4 Å². The quantitative estimate of drug-likeness (QED) is 0.538. The predicted octanol–water partition coefficient (Wildman–Crippen LogP) is 5.69. The smallest absolute Gasteiger partial charge is 0.260 e. The maximum Gasteiger partial charge on any atom is 0.260 e. The molecular formula is C22H25Cl2NO2S. The average Bonchev–Trinajstić information content (AvgIpc) is 2.70. The summed E-state index contributed by atoms with van der Waals surface area (Å²) in [5, 5.41) is 4.10. The Balaban J connectivity index is 1.40. The fourth-order valence-corrected chi connectivity index (χ4v) is 4.44. The second-order valence-corrected chi connectivity index (χ2v) is 8.87. The summed E-state index contributed by atoms with van der Waals surface area (Å²) in [6, 6.07) is 11.8. The van der Waals surface area contributed by atoms with E-state index in [2.05, 4.69) is 11.4 Å². The van der Waals surface area contributed by atoms with Crippen molar-refractivity contribution in [2.75, 3.05) is 12.3 Å². The summed E-state index contributed by atoms with van der Waals surface area (Å²) in [7, 11) is 0. The lowest BCUT2D eigenvalue weighted by molar-refractivity contribution is -0.127. The largest absolute Gasteiger partial charge is 0.481 e. The summed E-state index contributed by atoms with van der Waals surface area (Å²) in [6.07, 6.45) is 4.04. The van der Waals surface area contributed by atoms with E-state index in [1.807, 2.05) is 30.3 Å². The molecule has 0 heterocycles. The number of aryl methyl sites for hydroxylation is 1. The van der Waals surface area contributed by atoms with Gasteiger partial charge in [0, 0.05) is 18.1 Å². The van der Waals surface area contributed by atoms with Crippen molar-refractivity contribution in [1.82, 2.24) is 5.32 Å². The number of halogens is 2. The van der Waals surface area contributed by atoms with Crippen LogP contribution in [0, 0.1) is 0 Å². The molecule has 2 aromatic rings. The first kappa shape index (κ1) is 21.4. The molecule has 3 rings (SSSR count). The number of carbonyl (C=O) groups excluding carboxylic acids is 1. The third-order valence-corrected chi connectivity index (χ3v) is 6.59. The number of nitrogens with one attached hydrogen (secondary N) is 1. The fourth-order valence-electron chi connectivity index (χ4n) is 3.31. The molecule has 1 N–H and O–H groups in total. The number of hydrogen-bond donors (Lipinski definition) is 1. The molecule has 1 amide bonds. The molecule has 0 radical (unpaired) electrons. The van der Waals surface area contributed by atoms with Gasteiger partial charge < -0.3 is 10.1 Å². The van der Waals surface area contributed by atoms with E-state index in [4.69, 9.17) is 27.9 Å². The Labute approximate surface area is 181 Å². The molecule has 1 aliphatic carbocycles. The van der Waals surface area contributed by atoms with Gasteiger partial charge in [0.1, 0.15) is 5.75 Å². The van der Waals surface area contributed by atoms with Crippen molar-refractivity contribution in [3.8, 4) is 5.75 Å². The van der Waals surface area contributed by atoms with Crippen LogP contribution in [0.1, 0.15) is 36.5 Å². The normalized spacial score (nSPS) is 14.2. The van der Waals surface area contributed by atoms with Crippen molar-refractivity contribution >= 4 is 40.9 Å². The minimum Gasteiger partial charge on any atom is -0.481 e. The van der Waals surface area contributed by atoms with Gasteiger partial charge in [-0.2, -0.15) is 11.8 Å². The Kier molecular flexibility index (Phi) is 7.95. The number of benzene rings is 2. The molecule has 0 saturated heterocycles. The molecule has 0 spiro atoms. The molecule has 0 fully saturated rings. The Morgan fingerprint density at radius 1 is 1.18 bits per heavy atom. The first-order valence-electron chi connectivity index (χ1n) is 9.61. The maximum atomic E-state index is 12.4. The molecule has 0 aliphatic heterocycles. The molecule has 0 saturated carbocycles. The maximum absolute atomic E-state index is 12.4. The van der Waals surface area contributed by atoms with Gasteiger partial charge in [-0.3, -0.25) is 4.79 Å². The lowest BCUT2D eigenvalue weighted by Crippen LogP contribution is -2.37. The Bertz CT molecular complexity index is 828. The van der Waals surface area contributed by atoms with Gasteiger partial charge in [0.05, 0.1) is 10.0 Å². The van der Waals surface area contributed by atoms with Crippen molar-refractivity contribution in [3.63, 3.8) is 0 Å². The zero-order chi connectivity index (χ0) is 19.9. The SMILES string of the molecule is C[C@@H](Oc1cccc2c1CCCC2)C(=O)NCCSCc1ccc(Cl)c(Cl)c1. The highest BCUT2D eigenvalue weighted by molar-refractivity contribution is 7.98. The van der Waals surface area contributed by atoms with Gasteiger partial charge in [-0.05, 0) is 67.5 Å². The molecule has 28 heavy (non-hydrogen) atoms. The minimum absolute atomic E-state index is 0.0800. The number of rotatable bonds is 8. The van der Waals surface area contributed by atoms with Crippen LogP contribution in [0.3, 0.4) is 0 Å². The van der Waals surface area contributed by atoms with Crippen LogP contribution in [0.5, 0.6) is 5.75 Å². The van der Waals surface area contributed by atoms with Gasteiger partial charge in [0.2, 0.25) is 0 Å². The molecule has 1 atom stereocenters. The van der Waals surface area contributed by atoms with E-state index in [9.17, 15) is 4.79 Å². The van der Waals surface area contributed by atoms with Gasteiger partial charge in [0.15, 0.2) is 6.10 Å². The van der Waals surface area contributed by atoms with Gasteiger partial charge in [0.25, 0.3) is 5.91 Å². The van der Waals surface area contributed by atoms with Crippen LogP contribution in [-0.2, 0) is 23.4 Å². The van der Waals surface area contributed by atoms with Crippen LogP contribution in [0.25, 0.3) is 0 Å². The third kappa shape index (κ3) is 5.82. The Morgan fingerprint density at radius 3 is 2.82 bits per heavy atom. The summed E-state index contributed by atoms with van der Waals surface area (Å²) in [5.74, 6) is 2.42.